The molecule has 0 saturated heterocycles. The van der Waals surface area contributed by atoms with Crippen LogP contribution in [-0.2, 0) is 0 Å². The molecule has 27 heavy (non-hydrogen) atoms. The van der Waals surface area contributed by atoms with Gasteiger partial charge in [-0.05, 0) is 50.1 Å². The largest absolute Gasteiger partial charge is 0.315 e. The molecule has 1 heterocycles. The van der Waals surface area contributed by atoms with Crippen molar-refractivity contribution >= 4 is 68.6 Å². The van der Waals surface area contributed by atoms with Crippen LogP contribution < -0.4 is 4.90 Å². The normalized spacial score (nSPS) is 11.1. The highest BCUT2D eigenvalue weighted by Crippen LogP contribution is 2.43. The minimum Gasteiger partial charge on any atom is -0.315 e. The minimum absolute atomic E-state index is 0.580. The number of anilines is 2. The van der Waals surface area contributed by atoms with Gasteiger partial charge in [0.1, 0.15) is 0 Å². The highest BCUT2D eigenvalue weighted by molar-refractivity contribution is 7.16. The van der Waals surface area contributed by atoms with Crippen LogP contribution in [0.15, 0.2) is 30.3 Å². The molecule has 0 aliphatic rings. The zero-order valence-electron chi connectivity index (χ0n) is 15.1. The molecule has 0 bridgehead atoms. The predicted molar refractivity (Wildman–Crippen MR) is 121 cm³/mol. The van der Waals surface area contributed by atoms with Crippen LogP contribution in [-0.4, -0.2) is 11.5 Å². The first kappa shape index (κ1) is 20.8. The third-order valence-electron chi connectivity index (χ3n) is 4.18. The Kier molecular flexibility index (Phi) is 6.60. The topological polar surface area (TPSA) is 16.1 Å². The molecule has 1 aromatic heterocycles. The summed E-state index contributed by atoms with van der Waals surface area (Å²) in [6, 6.07) is 9.24. The van der Waals surface area contributed by atoms with Gasteiger partial charge in [0.05, 0.1) is 26.4 Å². The summed E-state index contributed by atoms with van der Waals surface area (Å²) in [4.78, 5) is 8.03. The van der Waals surface area contributed by atoms with Crippen LogP contribution in [0.2, 0.25) is 20.1 Å². The average Bonchev–Trinajstić information content (AvgIpc) is 2.99. The van der Waals surface area contributed by atoms with E-state index in [4.69, 9.17) is 51.4 Å². The monoisotopic (exact) mass is 458 g/mol. The van der Waals surface area contributed by atoms with Crippen LogP contribution in [0.4, 0.5) is 10.8 Å². The van der Waals surface area contributed by atoms with Crippen molar-refractivity contribution < 1.29 is 0 Å². The second-order valence-corrected chi connectivity index (χ2v) is 9.01. The average molecular weight is 460 g/mol. The Hall–Kier alpha value is -0.970. The molecule has 0 amide bonds. The number of aryl methyl sites for hydroxylation is 2. The predicted octanol–water partition coefficient (Wildman–Crippen LogP) is 8.59. The number of benzene rings is 2. The number of rotatable bonds is 5. The summed E-state index contributed by atoms with van der Waals surface area (Å²) in [5.74, 6) is 0. The van der Waals surface area contributed by atoms with E-state index in [9.17, 15) is 0 Å². The van der Waals surface area contributed by atoms with Gasteiger partial charge >= 0.3 is 0 Å². The van der Waals surface area contributed by atoms with E-state index in [-0.39, 0.29) is 0 Å². The van der Waals surface area contributed by atoms with E-state index in [1.165, 1.54) is 0 Å². The van der Waals surface area contributed by atoms with Crippen LogP contribution in [0.25, 0.3) is 11.3 Å². The Morgan fingerprint density at radius 2 is 1.74 bits per heavy atom. The SMILES string of the molecule is CCCN(c1nc(-c2ccc(Cl)cc2Cl)c(C)s1)c1c(Cl)ccc(C)c1Cl. The summed E-state index contributed by atoms with van der Waals surface area (Å²) in [5.41, 5.74) is 3.48. The van der Waals surface area contributed by atoms with Crippen molar-refractivity contribution in [1.82, 2.24) is 4.98 Å². The zero-order valence-corrected chi connectivity index (χ0v) is 19.0. The Balaban J connectivity index is 2.13. The number of nitrogens with zero attached hydrogens (tertiary/aromatic N) is 2. The maximum atomic E-state index is 6.60. The first-order valence-corrected chi connectivity index (χ1v) is 10.8. The molecule has 0 N–H and O–H groups in total. The van der Waals surface area contributed by atoms with E-state index in [2.05, 4.69) is 11.8 Å². The highest BCUT2D eigenvalue weighted by atomic mass is 35.5. The molecule has 0 atom stereocenters. The summed E-state index contributed by atoms with van der Waals surface area (Å²) in [5, 5.41) is 3.27. The lowest BCUT2D eigenvalue weighted by Crippen LogP contribution is -2.18. The number of halogens is 4. The third kappa shape index (κ3) is 4.23. The molecule has 7 heteroatoms. The van der Waals surface area contributed by atoms with Gasteiger partial charge in [0, 0.05) is 22.0 Å². The Morgan fingerprint density at radius 3 is 2.41 bits per heavy atom. The first-order valence-electron chi connectivity index (χ1n) is 8.48. The van der Waals surface area contributed by atoms with Crippen molar-refractivity contribution in [2.75, 3.05) is 11.4 Å². The second kappa shape index (κ2) is 8.59. The van der Waals surface area contributed by atoms with Crippen LogP contribution in [0.1, 0.15) is 23.8 Å². The van der Waals surface area contributed by atoms with Gasteiger partial charge in [0.2, 0.25) is 0 Å². The Bertz CT molecular complexity index is 984. The molecule has 0 unspecified atom stereocenters. The minimum atomic E-state index is 0.580. The van der Waals surface area contributed by atoms with Gasteiger partial charge in [-0.3, -0.25) is 0 Å². The van der Waals surface area contributed by atoms with Crippen molar-refractivity contribution in [3.8, 4) is 11.3 Å². The molecular weight excluding hydrogens is 442 g/mol. The van der Waals surface area contributed by atoms with E-state index >= 15 is 0 Å². The molecule has 3 aromatic rings. The van der Waals surface area contributed by atoms with Crippen molar-refractivity contribution in [3.05, 3.63) is 60.9 Å². The van der Waals surface area contributed by atoms with Gasteiger partial charge in [-0.2, -0.15) is 0 Å². The fourth-order valence-electron chi connectivity index (χ4n) is 2.85. The van der Waals surface area contributed by atoms with E-state index in [1.807, 2.05) is 38.1 Å². The summed E-state index contributed by atoms with van der Waals surface area (Å²) >= 11 is 27.1. The molecule has 2 aromatic carbocycles. The molecule has 0 spiro atoms. The smallest absolute Gasteiger partial charge is 0.190 e. The molecule has 0 radical (unpaired) electrons. The third-order valence-corrected chi connectivity index (χ3v) is 6.50. The molecular formula is C20H18Cl4N2S. The van der Waals surface area contributed by atoms with Crippen molar-refractivity contribution in [1.29, 1.82) is 0 Å². The zero-order chi connectivity index (χ0) is 19.7. The van der Waals surface area contributed by atoms with Crippen LogP contribution >= 0.6 is 57.7 Å². The molecule has 0 fully saturated rings. The maximum absolute atomic E-state index is 6.60. The van der Waals surface area contributed by atoms with Gasteiger partial charge in [-0.1, -0.05) is 59.4 Å². The molecule has 3 rings (SSSR count). The van der Waals surface area contributed by atoms with E-state index in [0.29, 0.717) is 20.1 Å². The Morgan fingerprint density at radius 1 is 1.00 bits per heavy atom. The maximum Gasteiger partial charge on any atom is 0.190 e. The van der Waals surface area contributed by atoms with Gasteiger partial charge < -0.3 is 4.90 Å². The summed E-state index contributed by atoms with van der Waals surface area (Å²) in [6.45, 7) is 6.87. The van der Waals surface area contributed by atoms with Crippen LogP contribution in [0.3, 0.4) is 0 Å². The van der Waals surface area contributed by atoms with Crippen molar-refractivity contribution in [3.63, 3.8) is 0 Å². The second-order valence-electron chi connectivity index (χ2n) is 6.20. The van der Waals surface area contributed by atoms with E-state index in [0.717, 1.165) is 45.5 Å². The lowest BCUT2D eigenvalue weighted by atomic mass is 10.1. The van der Waals surface area contributed by atoms with Gasteiger partial charge in [-0.25, -0.2) is 4.98 Å². The lowest BCUT2D eigenvalue weighted by Gasteiger charge is -2.24. The van der Waals surface area contributed by atoms with Crippen LogP contribution in [0, 0.1) is 13.8 Å². The van der Waals surface area contributed by atoms with Crippen molar-refractivity contribution in [2.45, 2.75) is 27.2 Å². The fourth-order valence-corrected chi connectivity index (χ4v) is 4.87. The Labute approximate surface area is 183 Å². The first-order chi connectivity index (χ1) is 12.8. The van der Waals surface area contributed by atoms with E-state index in [1.54, 1.807) is 17.4 Å². The van der Waals surface area contributed by atoms with Crippen molar-refractivity contribution in [2.24, 2.45) is 0 Å². The molecule has 2 nitrogen and oxygen atoms in total. The molecule has 0 saturated carbocycles. The molecule has 0 aliphatic carbocycles. The van der Waals surface area contributed by atoms with Gasteiger partial charge in [0.25, 0.3) is 0 Å². The molecule has 142 valence electrons. The number of thiazole rings is 1. The van der Waals surface area contributed by atoms with Crippen LogP contribution in [0.5, 0.6) is 0 Å². The lowest BCUT2D eigenvalue weighted by molar-refractivity contribution is 0.881. The summed E-state index contributed by atoms with van der Waals surface area (Å²) < 4.78 is 0. The van der Waals surface area contributed by atoms with Gasteiger partial charge in [-0.15, -0.1) is 11.3 Å². The summed E-state index contributed by atoms with van der Waals surface area (Å²) in [7, 11) is 0. The summed E-state index contributed by atoms with van der Waals surface area (Å²) in [6.07, 6.45) is 0.927. The fraction of sp³-hybridized carbons (Fsp3) is 0.250. The highest BCUT2D eigenvalue weighted by Gasteiger charge is 2.22. The van der Waals surface area contributed by atoms with Gasteiger partial charge in [0.15, 0.2) is 5.13 Å². The standard InChI is InChI=1S/C20H18Cl4N2S/c1-4-9-26(19-15(22)8-5-11(2)17(19)24)20-25-18(12(3)27-20)14-7-6-13(21)10-16(14)23/h5-8,10H,4,9H2,1-3H3. The number of hydrogen-bond acceptors (Lipinski definition) is 3. The quantitative estimate of drug-likeness (QED) is 0.379. The van der Waals surface area contributed by atoms with E-state index < -0.39 is 0 Å². The number of hydrogen-bond donors (Lipinski definition) is 0. The number of aromatic nitrogens is 1. The molecule has 0 aliphatic heterocycles.